The number of carbonyl (C=O) groups excluding carboxylic acids is 2. The number of rotatable bonds is 1. The van der Waals surface area contributed by atoms with Crippen LogP contribution in [0.3, 0.4) is 0 Å². The summed E-state index contributed by atoms with van der Waals surface area (Å²) < 4.78 is 0. The van der Waals surface area contributed by atoms with Gasteiger partial charge in [0.2, 0.25) is 0 Å². The largest absolute Gasteiger partial charge is 0.362 e. The molecule has 0 radical (unpaired) electrons. The van der Waals surface area contributed by atoms with Crippen LogP contribution in [0.2, 0.25) is 0 Å². The molecule has 6 heteroatoms. The fraction of sp³-hybridized carbons (Fsp3) is 0.278. The van der Waals surface area contributed by atoms with Crippen LogP contribution in [0.4, 0.5) is 5.69 Å². The van der Waals surface area contributed by atoms with Crippen LogP contribution in [0, 0.1) is 0 Å². The van der Waals surface area contributed by atoms with Crippen molar-refractivity contribution in [1.82, 2.24) is 15.2 Å². The molecule has 1 saturated heterocycles. The SMILES string of the molecule is O=C1NC2(CCN(C(=O)c3ccccn3)CC2)Nc2ccccc21. The van der Waals surface area contributed by atoms with Crippen molar-refractivity contribution in [3.8, 4) is 0 Å². The van der Waals surface area contributed by atoms with Crippen LogP contribution < -0.4 is 10.6 Å². The molecule has 0 aliphatic carbocycles. The van der Waals surface area contributed by atoms with Crippen LogP contribution in [-0.2, 0) is 0 Å². The Kier molecular flexibility index (Phi) is 3.45. The Hall–Kier alpha value is -2.89. The highest BCUT2D eigenvalue weighted by Gasteiger charge is 2.41. The molecule has 0 saturated carbocycles. The van der Waals surface area contributed by atoms with Gasteiger partial charge >= 0.3 is 0 Å². The molecule has 2 aromatic rings. The zero-order valence-electron chi connectivity index (χ0n) is 13.2. The van der Waals surface area contributed by atoms with Crippen molar-refractivity contribution in [3.63, 3.8) is 0 Å². The summed E-state index contributed by atoms with van der Waals surface area (Å²) in [5.74, 6) is -0.123. The number of nitrogens with zero attached hydrogens (tertiary/aromatic N) is 2. The molecule has 2 amide bonds. The van der Waals surface area contributed by atoms with E-state index in [4.69, 9.17) is 0 Å². The lowest BCUT2D eigenvalue weighted by molar-refractivity contribution is 0.0634. The predicted octanol–water partition coefficient (Wildman–Crippen LogP) is 1.87. The van der Waals surface area contributed by atoms with Crippen LogP contribution in [0.15, 0.2) is 48.7 Å². The van der Waals surface area contributed by atoms with E-state index in [9.17, 15) is 9.59 Å². The van der Waals surface area contributed by atoms with Gasteiger partial charge in [-0.1, -0.05) is 18.2 Å². The number of para-hydroxylation sites is 1. The van der Waals surface area contributed by atoms with E-state index in [1.165, 1.54) is 0 Å². The minimum Gasteiger partial charge on any atom is -0.362 e. The second-order valence-electron chi connectivity index (χ2n) is 6.21. The molecule has 6 nitrogen and oxygen atoms in total. The number of carbonyl (C=O) groups is 2. The normalized spacial score (nSPS) is 18.5. The number of piperidine rings is 1. The second-order valence-corrected chi connectivity index (χ2v) is 6.21. The highest BCUT2D eigenvalue weighted by molar-refractivity contribution is 6.02. The monoisotopic (exact) mass is 322 g/mol. The number of likely N-dealkylation sites (tertiary alicyclic amines) is 1. The lowest BCUT2D eigenvalue weighted by atomic mass is 9.92. The van der Waals surface area contributed by atoms with E-state index >= 15 is 0 Å². The fourth-order valence-electron chi connectivity index (χ4n) is 3.36. The van der Waals surface area contributed by atoms with Gasteiger partial charge in [-0.05, 0) is 24.3 Å². The summed E-state index contributed by atoms with van der Waals surface area (Å²) in [5.41, 5.74) is 1.49. The number of fused-ring (bicyclic) bond motifs is 1. The number of aromatic nitrogens is 1. The molecule has 1 aromatic heterocycles. The molecule has 3 heterocycles. The Morgan fingerprint density at radius 1 is 1.04 bits per heavy atom. The van der Waals surface area contributed by atoms with Gasteiger partial charge in [-0.2, -0.15) is 0 Å². The van der Waals surface area contributed by atoms with E-state index in [1.54, 1.807) is 23.2 Å². The summed E-state index contributed by atoms with van der Waals surface area (Å²) in [6.07, 6.45) is 2.94. The van der Waals surface area contributed by atoms with E-state index in [0.29, 0.717) is 37.2 Å². The maximum absolute atomic E-state index is 12.5. The van der Waals surface area contributed by atoms with Gasteiger partial charge in [-0.15, -0.1) is 0 Å². The lowest BCUT2D eigenvalue weighted by Gasteiger charge is -2.45. The van der Waals surface area contributed by atoms with E-state index in [0.717, 1.165) is 5.69 Å². The summed E-state index contributed by atoms with van der Waals surface area (Å²) in [7, 11) is 0. The Balaban J connectivity index is 1.49. The minimum absolute atomic E-state index is 0.0612. The first kappa shape index (κ1) is 14.7. The van der Waals surface area contributed by atoms with Gasteiger partial charge in [0, 0.05) is 37.8 Å². The Labute approximate surface area is 139 Å². The molecule has 2 aliphatic rings. The minimum atomic E-state index is -0.480. The average Bonchev–Trinajstić information content (AvgIpc) is 2.62. The van der Waals surface area contributed by atoms with Crippen LogP contribution in [0.1, 0.15) is 33.7 Å². The van der Waals surface area contributed by atoms with Crippen LogP contribution in [0.25, 0.3) is 0 Å². The zero-order valence-corrected chi connectivity index (χ0v) is 13.2. The molecule has 4 rings (SSSR count). The highest BCUT2D eigenvalue weighted by atomic mass is 16.2. The smallest absolute Gasteiger partial charge is 0.272 e. The molecule has 0 unspecified atom stereocenters. The third kappa shape index (κ3) is 2.50. The first-order chi connectivity index (χ1) is 11.7. The number of hydrogen-bond acceptors (Lipinski definition) is 4. The van der Waals surface area contributed by atoms with E-state index < -0.39 is 5.66 Å². The third-order valence-corrected chi connectivity index (χ3v) is 4.69. The van der Waals surface area contributed by atoms with Crippen LogP contribution in [0.5, 0.6) is 0 Å². The second kappa shape index (κ2) is 5.63. The van der Waals surface area contributed by atoms with Crippen molar-refractivity contribution in [3.05, 3.63) is 59.9 Å². The summed E-state index contributed by atoms with van der Waals surface area (Å²) in [6, 6.07) is 12.8. The Morgan fingerprint density at radius 2 is 1.79 bits per heavy atom. The van der Waals surface area contributed by atoms with Crippen LogP contribution in [-0.4, -0.2) is 40.5 Å². The maximum atomic E-state index is 12.5. The van der Waals surface area contributed by atoms with Gasteiger partial charge < -0.3 is 15.5 Å². The first-order valence-electron chi connectivity index (χ1n) is 8.07. The van der Waals surface area contributed by atoms with E-state index in [2.05, 4.69) is 15.6 Å². The van der Waals surface area contributed by atoms with Gasteiger partial charge in [0.1, 0.15) is 11.4 Å². The van der Waals surface area contributed by atoms with Crippen LogP contribution >= 0.6 is 0 Å². The van der Waals surface area contributed by atoms with Gasteiger partial charge in [-0.25, -0.2) is 0 Å². The topological polar surface area (TPSA) is 74.3 Å². The fourth-order valence-corrected chi connectivity index (χ4v) is 3.36. The summed E-state index contributed by atoms with van der Waals surface area (Å²) in [4.78, 5) is 30.8. The van der Waals surface area contributed by atoms with Gasteiger partial charge in [0.25, 0.3) is 11.8 Å². The molecule has 1 fully saturated rings. The maximum Gasteiger partial charge on any atom is 0.272 e. The zero-order chi connectivity index (χ0) is 16.6. The van der Waals surface area contributed by atoms with Gasteiger partial charge in [0.05, 0.1) is 5.56 Å². The van der Waals surface area contributed by atoms with Crippen molar-refractivity contribution in [2.24, 2.45) is 0 Å². The summed E-state index contributed by atoms with van der Waals surface area (Å²) in [5, 5.41) is 6.54. The van der Waals surface area contributed by atoms with Crippen molar-refractivity contribution < 1.29 is 9.59 Å². The van der Waals surface area contributed by atoms with Gasteiger partial charge in [0.15, 0.2) is 0 Å². The molecule has 24 heavy (non-hydrogen) atoms. The quantitative estimate of drug-likeness (QED) is 0.840. The Bertz CT molecular complexity index is 783. The standard InChI is InChI=1S/C18H18N4O2/c23-16-13-5-1-2-6-14(13)20-18(21-16)8-11-22(12-9-18)17(24)15-7-3-4-10-19-15/h1-7,10,20H,8-9,11-12H2,(H,21,23). The first-order valence-corrected chi connectivity index (χ1v) is 8.07. The van der Waals surface area contributed by atoms with Crippen molar-refractivity contribution >= 4 is 17.5 Å². The van der Waals surface area contributed by atoms with Crippen molar-refractivity contribution in [1.29, 1.82) is 0 Å². The molecular weight excluding hydrogens is 304 g/mol. The number of nitrogens with one attached hydrogen (secondary N) is 2. The number of pyridine rings is 1. The number of anilines is 1. The number of hydrogen-bond donors (Lipinski definition) is 2. The average molecular weight is 322 g/mol. The predicted molar refractivity (Wildman–Crippen MR) is 89.6 cm³/mol. The summed E-state index contributed by atoms with van der Waals surface area (Å²) in [6.45, 7) is 1.15. The van der Waals surface area contributed by atoms with Crippen molar-refractivity contribution in [2.75, 3.05) is 18.4 Å². The van der Waals surface area contributed by atoms with E-state index in [-0.39, 0.29) is 11.8 Å². The number of benzene rings is 1. The lowest BCUT2D eigenvalue weighted by Crippen LogP contribution is -2.62. The third-order valence-electron chi connectivity index (χ3n) is 4.69. The number of amides is 2. The molecule has 2 aliphatic heterocycles. The molecule has 2 N–H and O–H groups in total. The molecule has 122 valence electrons. The van der Waals surface area contributed by atoms with Gasteiger partial charge in [-0.3, -0.25) is 14.6 Å². The molecule has 1 spiro atoms. The Morgan fingerprint density at radius 3 is 2.54 bits per heavy atom. The molecule has 1 aromatic carbocycles. The molecular formula is C18H18N4O2. The van der Waals surface area contributed by atoms with E-state index in [1.807, 2.05) is 30.3 Å². The highest BCUT2D eigenvalue weighted by Crippen LogP contribution is 2.31. The van der Waals surface area contributed by atoms with Crippen molar-refractivity contribution in [2.45, 2.75) is 18.5 Å². The molecule has 0 atom stereocenters. The summed E-state index contributed by atoms with van der Waals surface area (Å²) >= 11 is 0. The molecule has 0 bridgehead atoms.